The summed E-state index contributed by atoms with van der Waals surface area (Å²) in [7, 11) is 1.39. The summed E-state index contributed by atoms with van der Waals surface area (Å²) in [5.74, 6) is -0.496. The van der Waals surface area contributed by atoms with Crippen LogP contribution in [0, 0.1) is 0 Å². The van der Waals surface area contributed by atoms with E-state index in [0.29, 0.717) is 12.8 Å². The van der Waals surface area contributed by atoms with Gasteiger partial charge in [0, 0.05) is 13.7 Å². The van der Waals surface area contributed by atoms with Crippen LogP contribution in [0.25, 0.3) is 5.69 Å². The van der Waals surface area contributed by atoms with Crippen molar-refractivity contribution >= 4 is 17.5 Å². The molecule has 168 valence electrons. The summed E-state index contributed by atoms with van der Waals surface area (Å²) in [5.41, 5.74) is -2.05. The van der Waals surface area contributed by atoms with Crippen molar-refractivity contribution in [2.75, 3.05) is 20.3 Å². The van der Waals surface area contributed by atoms with Gasteiger partial charge in [0.1, 0.15) is 6.20 Å². The zero-order chi connectivity index (χ0) is 22.6. The predicted molar refractivity (Wildman–Crippen MR) is 113 cm³/mol. The molecule has 0 spiro atoms. The van der Waals surface area contributed by atoms with Gasteiger partial charge in [0.05, 0.1) is 41.1 Å². The highest BCUT2D eigenvalue weighted by Crippen LogP contribution is 2.29. The van der Waals surface area contributed by atoms with Crippen molar-refractivity contribution in [3.63, 3.8) is 0 Å². The van der Waals surface area contributed by atoms with E-state index in [-0.39, 0.29) is 36.0 Å². The summed E-state index contributed by atoms with van der Waals surface area (Å²) in [4.78, 5) is 37.5. The molecule has 0 saturated heterocycles. The first-order chi connectivity index (χ1) is 14.7. The van der Waals surface area contributed by atoms with Crippen LogP contribution in [0.5, 0.6) is 0 Å². The first-order valence-electron chi connectivity index (χ1n) is 9.91. The smallest absolute Gasteiger partial charge is 0.352 e. The third kappa shape index (κ3) is 5.40. The van der Waals surface area contributed by atoms with Crippen LogP contribution in [0.3, 0.4) is 0 Å². The van der Waals surface area contributed by atoms with Crippen molar-refractivity contribution < 1.29 is 19.7 Å². The lowest BCUT2D eigenvalue weighted by Gasteiger charge is -2.22. The number of nitrogens with one attached hydrogen (secondary N) is 1. The Bertz CT molecular complexity index is 1060. The second-order valence-electron chi connectivity index (χ2n) is 7.68. The minimum atomic E-state index is -1.06. The average Bonchev–Trinajstić information content (AvgIpc) is 3.17. The van der Waals surface area contributed by atoms with Crippen molar-refractivity contribution in [3.05, 3.63) is 55.8 Å². The molecule has 1 aliphatic rings. The lowest BCUT2D eigenvalue weighted by atomic mass is 10.0. The Hall–Kier alpha value is -2.53. The first kappa shape index (κ1) is 23.1. The van der Waals surface area contributed by atoms with Crippen LogP contribution >= 0.6 is 11.6 Å². The fraction of sp³-hybridized carbons (Fsp3) is 0.500. The third-order valence-electron chi connectivity index (χ3n) is 5.27. The molecule has 2 aromatic rings. The van der Waals surface area contributed by atoms with Gasteiger partial charge in [-0.1, -0.05) is 24.4 Å². The van der Waals surface area contributed by atoms with Gasteiger partial charge in [-0.25, -0.2) is 4.79 Å². The normalized spacial score (nSPS) is 16.3. The Morgan fingerprint density at radius 3 is 2.74 bits per heavy atom. The number of halogens is 1. The van der Waals surface area contributed by atoms with Gasteiger partial charge in [-0.3, -0.25) is 14.2 Å². The van der Waals surface area contributed by atoms with Crippen LogP contribution in [-0.2, 0) is 11.3 Å². The number of benzene rings is 1. The van der Waals surface area contributed by atoms with Gasteiger partial charge in [-0.2, -0.15) is 9.78 Å². The second-order valence-corrected chi connectivity index (χ2v) is 8.08. The fourth-order valence-corrected chi connectivity index (χ4v) is 3.81. The molecule has 0 bridgehead atoms. The molecule has 3 N–H and O–H groups in total. The van der Waals surface area contributed by atoms with Crippen LogP contribution in [-0.4, -0.2) is 62.4 Å². The highest BCUT2D eigenvalue weighted by atomic mass is 35.5. The summed E-state index contributed by atoms with van der Waals surface area (Å²) < 4.78 is 6.60. The Morgan fingerprint density at radius 1 is 1.35 bits per heavy atom. The predicted octanol–water partition coefficient (Wildman–Crippen LogP) is 0.0898. The average molecular weight is 453 g/mol. The molecule has 10 nitrogen and oxygen atoms in total. The van der Waals surface area contributed by atoms with Crippen LogP contribution in [0.2, 0.25) is 5.02 Å². The standard InChI is InChI=1S/C20H25ClN4O6/c1-31-11-14(26)10-24-17(27)9-23-25(19(24)29)13-4-5-16(21)15(8-13)18(28)22-12-20(30)6-2-3-7-20/h4-5,8-9,14,26,30H,2-3,6-7,10-12H2,1H3,(H,22,28). The number of carbonyl (C=O) groups excluding carboxylic acids is 1. The summed E-state index contributed by atoms with van der Waals surface area (Å²) in [6, 6.07) is 4.31. The molecule has 31 heavy (non-hydrogen) atoms. The van der Waals surface area contributed by atoms with E-state index in [2.05, 4.69) is 10.4 Å². The van der Waals surface area contributed by atoms with E-state index >= 15 is 0 Å². The lowest BCUT2D eigenvalue weighted by molar-refractivity contribution is 0.0449. The second kappa shape index (κ2) is 9.73. The van der Waals surface area contributed by atoms with Crippen molar-refractivity contribution in [2.45, 2.75) is 43.9 Å². The van der Waals surface area contributed by atoms with E-state index in [4.69, 9.17) is 16.3 Å². The number of hydrogen-bond acceptors (Lipinski definition) is 7. The fourth-order valence-electron chi connectivity index (χ4n) is 3.60. The number of ether oxygens (including phenoxy) is 1. The van der Waals surface area contributed by atoms with Crippen molar-refractivity contribution in [1.29, 1.82) is 0 Å². The van der Waals surface area contributed by atoms with E-state index in [1.54, 1.807) is 0 Å². The molecule has 3 rings (SSSR count). The number of aliphatic hydroxyl groups excluding tert-OH is 1. The zero-order valence-electron chi connectivity index (χ0n) is 17.1. The topological polar surface area (TPSA) is 136 Å². The Morgan fingerprint density at radius 2 is 2.06 bits per heavy atom. The van der Waals surface area contributed by atoms with E-state index < -0.39 is 28.9 Å². The largest absolute Gasteiger partial charge is 0.389 e. The number of aliphatic hydroxyl groups is 2. The van der Waals surface area contributed by atoms with E-state index in [1.807, 2.05) is 0 Å². The number of hydrogen-bond donors (Lipinski definition) is 3. The summed E-state index contributed by atoms with van der Waals surface area (Å²) in [6.45, 7) is -0.216. The molecule has 0 aliphatic heterocycles. The SMILES string of the molecule is COCC(O)Cn1c(=O)cnn(-c2ccc(Cl)c(C(=O)NCC3(O)CCCC3)c2)c1=O. The maximum absolute atomic E-state index is 12.8. The molecule has 1 amide bonds. The summed E-state index contributed by atoms with van der Waals surface area (Å²) >= 11 is 6.18. The van der Waals surface area contributed by atoms with Crippen LogP contribution in [0.15, 0.2) is 34.0 Å². The van der Waals surface area contributed by atoms with Crippen molar-refractivity contribution in [1.82, 2.24) is 19.7 Å². The lowest BCUT2D eigenvalue weighted by Crippen LogP contribution is -2.43. The number of aromatic nitrogens is 3. The highest BCUT2D eigenvalue weighted by molar-refractivity contribution is 6.33. The van der Waals surface area contributed by atoms with Crippen molar-refractivity contribution in [2.24, 2.45) is 0 Å². The van der Waals surface area contributed by atoms with E-state index in [1.165, 1.54) is 25.3 Å². The summed E-state index contributed by atoms with van der Waals surface area (Å²) in [5, 5.41) is 27.0. The first-order valence-corrected chi connectivity index (χ1v) is 10.3. The Labute approximate surface area is 183 Å². The van der Waals surface area contributed by atoms with Crippen molar-refractivity contribution in [3.8, 4) is 5.69 Å². The molecule has 1 unspecified atom stereocenters. The van der Waals surface area contributed by atoms with E-state index in [0.717, 1.165) is 28.3 Å². The molecule has 1 heterocycles. The van der Waals surface area contributed by atoms with Gasteiger partial charge in [0.25, 0.3) is 11.5 Å². The number of nitrogens with zero attached hydrogens (tertiary/aromatic N) is 3. The molecule has 1 aliphatic carbocycles. The molecule has 1 aromatic carbocycles. The van der Waals surface area contributed by atoms with Gasteiger partial charge in [0.15, 0.2) is 0 Å². The quantitative estimate of drug-likeness (QED) is 0.516. The van der Waals surface area contributed by atoms with Gasteiger partial charge in [0.2, 0.25) is 0 Å². The molecule has 1 atom stereocenters. The minimum Gasteiger partial charge on any atom is -0.389 e. The molecule has 1 fully saturated rings. The molecule has 1 aromatic heterocycles. The highest BCUT2D eigenvalue weighted by Gasteiger charge is 2.31. The van der Waals surface area contributed by atoms with Gasteiger partial charge in [-0.05, 0) is 31.0 Å². The van der Waals surface area contributed by atoms with E-state index in [9.17, 15) is 24.6 Å². The monoisotopic (exact) mass is 452 g/mol. The maximum Gasteiger partial charge on any atom is 0.352 e. The van der Waals surface area contributed by atoms with Crippen LogP contribution < -0.4 is 16.6 Å². The molecule has 0 radical (unpaired) electrons. The van der Waals surface area contributed by atoms with Gasteiger partial charge < -0.3 is 20.3 Å². The number of carbonyl (C=O) groups is 1. The zero-order valence-corrected chi connectivity index (χ0v) is 17.8. The number of rotatable bonds is 8. The molecular weight excluding hydrogens is 428 g/mol. The molecule has 1 saturated carbocycles. The number of methoxy groups -OCH3 is 1. The third-order valence-corrected chi connectivity index (χ3v) is 5.60. The molecular formula is C20H25ClN4O6. The van der Waals surface area contributed by atoms with Crippen LogP contribution in [0.1, 0.15) is 36.0 Å². The van der Waals surface area contributed by atoms with Gasteiger partial charge in [-0.15, -0.1) is 0 Å². The number of amides is 1. The minimum absolute atomic E-state index is 0.0498. The Kier molecular flexibility index (Phi) is 7.26. The van der Waals surface area contributed by atoms with Gasteiger partial charge >= 0.3 is 5.69 Å². The summed E-state index contributed by atoms with van der Waals surface area (Å²) in [6.07, 6.45) is 2.95. The Balaban J connectivity index is 1.88. The maximum atomic E-state index is 12.8. The van der Waals surface area contributed by atoms with Crippen LogP contribution in [0.4, 0.5) is 0 Å². The molecule has 11 heteroatoms.